The first-order valence-corrected chi connectivity index (χ1v) is 5.80. The van der Waals surface area contributed by atoms with Crippen LogP contribution in [0.15, 0.2) is 35.3 Å². The maximum atomic E-state index is 11.4. The maximum Gasteiger partial charge on any atom is 0.313 e. The second kappa shape index (κ2) is 6.20. The zero-order valence-electron chi connectivity index (χ0n) is 9.42. The van der Waals surface area contributed by atoms with E-state index in [2.05, 4.69) is 33.1 Å². The van der Waals surface area contributed by atoms with E-state index in [-0.39, 0.29) is 6.54 Å². The van der Waals surface area contributed by atoms with Crippen LogP contribution in [0.5, 0.6) is 0 Å². The van der Waals surface area contributed by atoms with Crippen LogP contribution in [0, 0.1) is 6.92 Å². The molecule has 90 valence electrons. The number of aryl methyl sites for hydroxylation is 1. The molecule has 5 heteroatoms. The molecule has 0 bridgehead atoms. The summed E-state index contributed by atoms with van der Waals surface area (Å²) in [6, 6.07) is 5.33. The summed E-state index contributed by atoms with van der Waals surface area (Å²) in [6.07, 6.45) is 1.51. The van der Waals surface area contributed by atoms with Crippen molar-refractivity contribution < 1.29 is 9.59 Å². The summed E-state index contributed by atoms with van der Waals surface area (Å²) in [4.78, 5) is 22.7. The van der Waals surface area contributed by atoms with Crippen molar-refractivity contribution in [1.82, 2.24) is 5.32 Å². The van der Waals surface area contributed by atoms with Crippen LogP contribution in [0.25, 0.3) is 0 Å². The highest BCUT2D eigenvalue weighted by Gasteiger charge is 2.12. The van der Waals surface area contributed by atoms with Crippen molar-refractivity contribution >= 4 is 33.4 Å². The predicted molar refractivity (Wildman–Crippen MR) is 70.7 cm³/mol. The zero-order chi connectivity index (χ0) is 12.8. The van der Waals surface area contributed by atoms with Gasteiger partial charge >= 0.3 is 11.8 Å². The van der Waals surface area contributed by atoms with Gasteiger partial charge < -0.3 is 10.6 Å². The standard InChI is InChI=1S/C12H13BrN2O2/c1-3-6-14-11(16)12(17)15-9-5-4-8(2)10(13)7-9/h3-5,7H,1,6H2,2H3,(H,14,16)(H,15,17). The van der Waals surface area contributed by atoms with Gasteiger partial charge in [-0.25, -0.2) is 0 Å². The van der Waals surface area contributed by atoms with Crippen LogP contribution in [-0.4, -0.2) is 18.4 Å². The van der Waals surface area contributed by atoms with E-state index in [0.717, 1.165) is 10.0 Å². The van der Waals surface area contributed by atoms with Gasteiger partial charge in [-0.2, -0.15) is 0 Å². The fourth-order valence-corrected chi connectivity index (χ4v) is 1.48. The van der Waals surface area contributed by atoms with Gasteiger partial charge in [-0.3, -0.25) is 9.59 Å². The third-order valence-electron chi connectivity index (χ3n) is 2.04. The van der Waals surface area contributed by atoms with E-state index in [1.807, 2.05) is 13.0 Å². The molecule has 0 saturated carbocycles. The summed E-state index contributed by atoms with van der Waals surface area (Å²) < 4.78 is 0.877. The number of carbonyl (C=O) groups is 2. The number of carbonyl (C=O) groups excluding carboxylic acids is 2. The van der Waals surface area contributed by atoms with Crippen LogP contribution in [0.4, 0.5) is 5.69 Å². The highest BCUT2D eigenvalue weighted by Crippen LogP contribution is 2.20. The Kier molecular flexibility index (Phi) is 4.90. The summed E-state index contributed by atoms with van der Waals surface area (Å²) >= 11 is 3.35. The number of hydrogen-bond donors (Lipinski definition) is 2. The van der Waals surface area contributed by atoms with Crippen LogP contribution in [0.3, 0.4) is 0 Å². The van der Waals surface area contributed by atoms with Gasteiger partial charge in [0.2, 0.25) is 0 Å². The van der Waals surface area contributed by atoms with Gasteiger partial charge in [-0.05, 0) is 24.6 Å². The highest BCUT2D eigenvalue weighted by atomic mass is 79.9. The van der Waals surface area contributed by atoms with E-state index in [1.54, 1.807) is 12.1 Å². The van der Waals surface area contributed by atoms with Crippen molar-refractivity contribution in [1.29, 1.82) is 0 Å². The molecule has 0 unspecified atom stereocenters. The van der Waals surface area contributed by atoms with Crippen LogP contribution in [0.1, 0.15) is 5.56 Å². The Morgan fingerprint density at radius 2 is 2.12 bits per heavy atom. The second-order valence-corrected chi connectivity index (χ2v) is 4.27. The second-order valence-electron chi connectivity index (χ2n) is 3.42. The van der Waals surface area contributed by atoms with Crippen molar-refractivity contribution in [3.05, 3.63) is 40.9 Å². The molecule has 0 atom stereocenters. The largest absolute Gasteiger partial charge is 0.344 e. The minimum Gasteiger partial charge on any atom is -0.344 e. The number of benzene rings is 1. The van der Waals surface area contributed by atoms with E-state index < -0.39 is 11.8 Å². The number of anilines is 1. The lowest BCUT2D eigenvalue weighted by atomic mass is 10.2. The average Bonchev–Trinajstić information content (AvgIpc) is 2.30. The van der Waals surface area contributed by atoms with Gasteiger partial charge in [0.05, 0.1) is 0 Å². The van der Waals surface area contributed by atoms with Crippen LogP contribution < -0.4 is 10.6 Å². The Bertz CT molecular complexity index is 458. The van der Waals surface area contributed by atoms with E-state index in [9.17, 15) is 9.59 Å². The summed E-state index contributed by atoms with van der Waals surface area (Å²) in [7, 11) is 0. The fourth-order valence-electron chi connectivity index (χ4n) is 1.10. The molecule has 0 aliphatic heterocycles. The Balaban J connectivity index is 2.64. The molecule has 1 rings (SSSR count). The summed E-state index contributed by atoms with van der Waals surface area (Å²) in [5.41, 5.74) is 1.63. The van der Waals surface area contributed by atoms with Crippen molar-refractivity contribution in [2.45, 2.75) is 6.92 Å². The SMILES string of the molecule is C=CCNC(=O)C(=O)Nc1ccc(C)c(Br)c1. The van der Waals surface area contributed by atoms with Gasteiger partial charge in [0.15, 0.2) is 0 Å². The van der Waals surface area contributed by atoms with Crippen molar-refractivity contribution in [2.24, 2.45) is 0 Å². The lowest BCUT2D eigenvalue weighted by Crippen LogP contribution is -2.35. The first-order chi connectivity index (χ1) is 8.04. The molecule has 4 nitrogen and oxygen atoms in total. The third kappa shape index (κ3) is 4.03. The molecule has 0 radical (unpaired) electrons. The van der Waals surface area contributed by atoms with Gasteiger partial charge in [0.1, 0.15) is 0 Å². The fraction of sp³-hybridized carbons (Fsp3) is 0.167. The molecule has 0 heterocycles. The molecule has 0 aliphatic rings. The number of rotatable bonds is 3. The number of halogens is 1. The van der Waals surface area contributed by atoms with Crippen molar-refractivity contribution in [3.8, 4) is 0 Å². The van der Waals surface area contributed by atoms with Gasteiger partial charge in [-0.1, -0.05) is 28.1 Å². The third-order valence-corrected chi connectivity index (χ3v) is 2.90. The number of amides is 2. The molecule has 0 aromatic heterocycles. The summed E-state index contributed by atoms with van der Waals surface area (Å²) in [5.74, 6) is -1.37. The Labute approximate surface area is 108 Å². The van der Waals surface area contributed by atoms with E-state index >= 15 is 0 Å². The molecule has 2 N–H and O–H groups in total. The summed E-state index contributed by atoms with van der Waals surface area (Å²) in [6.45, 7) is 5.65. The minimum atomic E-state index is -0.692. The Morgan fingerprint density at radius 3 is 2.71 bits per heavy atom. The van der Waals surface area contributed by atoms with Crippen LogP contribution in [0.2, 0.25) is 0 Å². The molecule has 0 spiro atoms. The molecule has 17 heavy (non-hydrogen) atoms. The Morgan fingerprint density at radius 1 is 1.41 bits per heavy atom. The molecule has 2 amide bonds. The van der Waals surface area contributed by atoms with Gasteiger partial charge in [-0.15, -0.1) is 6.58 Å². The molecule has 1 aromatic rings. The topological polar surface area (TPSA) is 58.2 Å². The smallest absolute Gasteiger partial charge is 0.313 e. The molecular weight excluding hydrogens is 284 g/mol. The maximum absolute atomic E-state index is 11.4. The number of nitrogens with one attached hydrogen (secondary N) is 2. The van der Waals surface area contributed by atoms with Crippen molar-refractivity contribution in [3.63, 3.8) is 0 Å². The average molecular weight is 297 g/mol. The zero-order valence-corrected chi connectivity index (χ0v) is 11.0. The van der Waals surface area contributed by atoms with Crippen molar-refractivity contribution in [2.75, 3.05) is 11.9 Å². The molecule has 0 fully saturated rings. The van der Waals surface area contributed by atoms with Gasteiger partial charge in [0, 0.05) is 16.7 Å². The molecule has 1 aromatic carbocycles. The quantitative estimate of drug-likeness (QED) is 0.662. The predicted octanol–water partition coefficient (Wildman–Crippen LogP) is 2.00. The molecular formula is C12H13BrN2O2. The van der Waals surface area contributed by atoms with E-state index in [0.29, 0.717) is 5.69 Å². The highest BCUT2D eigenvalue weighted by molar-refractivity contribution is 9.10. The normalized spacial score (nSPS) is 9.53. The number of hydrogen-bond acceptors (Lipinski definition) is 2. The first-order valence-electron chi connectivity index (χ1n) is 5.01. The van der Waals surface area contributed by atoms with E-state index in [4.69, 9.17) is 0 Å². The van der Waals surface area contributed by atoms with E-state index in [1.165, 1.54) is 6.08 Å². The molecule has 0 saturated heterocycles. The van der Waals surface area contributed by atoms with Crippen LogP contribution >= 0.6 is 15.9 Å². The lowest BCUT2D eigenvalue weighted by molar-refractivity contribution is -0.136. The monoisotopic (exact) mass is 296 g/mol. The molecule has 0 aliphatic carbocycles. The minimum absolute atomic E-state index is 0.268. The van der Waals surface area contributed by atoms with Crippen LogP contribution in [-0.2, 0) is 9.59 Å². The van der Waals surface area contributed by atoms with Gasteiger partial charge in [0.25, 0.3) is 0 Å². The summed E-state index contributed by atoms with van der Waals surface area (Å²) in [5, 5.41) is 4.90. The first kappa shape index (κ1) is 13.4. The Hall–Kier alpha value is -1.62. The lowest BCUT2D eigenvalue weighted by Gasteiger charge is -2.06.